The fraction of sp³-hybridized carbons (Fsp3) is 0.333. The van der Waals surface area contributed by atoms with Crippen LogP contribution in [-0.2, 0) is 14.8 Å². The van der Waals surface area contributed by atoms with Crippen molar-refractivity contribution in [3.63, 3.8) is 0 Å². The summed E-state index contributed by atoms with van der Waals surface area (Å²) in [7, 11) is -3.60. The third-order valence-electron chi connectivity index (χ3n) is 5.75. The van der Waals surface area contributed by atoms with Gasteiger partial charge in [0.05, 0.1) is 22.8 Å². The minimum atomic E-state index is -3.60. The molecular weight excluding hydrogens is 438 g/mol. The predicted molar refractivity (Wildman–Crippen MR) is 129 cm³/mol. The van der Waals surface area contributed by atoms with E-state index in [9.17, 15) is 13.2 Å². The number of benzene rings is 2. The zero-order valence-electron chi connectivity index (χ0n) is 18.7. The molecule has 1 amide bonds. The molecule has 0 spiro atoms. The van der Waals surface area contributed by atoms with Crippen molar-refractivity contribution < 1.29 is 13.2 Å². The second kappa shape index (κ2) is 10.2. The first-order chi connectivity index (χ1) is 15.9. The lowest BCUT2D eigenvalue weighted by atomic mass is 10.2. The highest BCUT2D eigenvalue weighted by Gasteiger charge is 2.27. The number of carbonyl (C=O) groups excluding carboxylic acids is 1. The van der Waals surface area contributed by atoms with Gasteiger partial charge in [-0.1, -0.05) is 31.0 Å². The summed E-state index contributed by atoms with van der Waals surface area (Å²) in [6.45, 7) is 2.89. The quantitative estimate of drug-likeness (QED) is 0.551. The predicted octanol–water partition coefficient (Wildman–Crippen LogP) is 3.80. The van der Waals surface area contributed by atoms with E-state index in [0.717, 1.165) is 37.1 Å². The van der Waals surface area contributed by atoms with Crippen LogP contribution in [0.25, 0.3) is 5.69 Å². The fourth-order valence-corrected chi connectivity index (χ4v) is 5.76. The van der Waals surface area contributed by atoms with E-state index in [0.29, 0.717) is 24.3 Å². The van der Waals surface area contributed by atoms with E-state index in [4.69, 9.17) is 0 Å². The second-order valence-corrected chi connectivity index (χ2v) is 10.1. The summed E-state index contributed by atoms with van der Waals surface area (Å²) < 4.78 is 29.8. The molecule has 0 bridgehead atoms. The molecule has 2 N–H and O–H groups in total. The zero-order valence-corrected chi connectivity index (χ0v) is 19.5. The largest absolute Gasteiger partial charge is 0.374 e. The lowest BCUT2D eigenvalue weighted by molar-refractivity contribution is -0.114. The molecule has 33 heavy (non-hydrogen) atoms. The Morgan fingerprint density at radius 3 is 2.52 bits per heavy atom. The van der Waals surface area contributed by atoms with Crippen LogP contribution in [0.2, 0.25) is 0 Å². The summed E-state index contributed by atoms with van der Waals surface area (Å²) in [5.41, 5.74) is 2.73. The Kier molecular flexibility index (Phi) is 7.10. The average molecular weight is 468 g/mol. The molecule has 3 aromatic rings. The number of hydrogen-bond acceptors (Lipinski definition) is 5. The van der Waals surface area contributed by atoms with Gasteiger partial charge < -0.3 is 10.6 Å². The summed E-state index contributed by atoms with van der Waals surface area (Å²) in [4.78, 5) is 12.9. The summed E-state index contributed by atoms with van der Waals surface area (Å²) in [6, 6.07) is 14.4. The molecule has 174 valence electrons. The molecule has 1 aromatic heterocycles. The second-order valence-electron chi connectivity index (χ2n) is 8.17. The summed E-state index contributed by atoms with van der Waals surface area (Å²) >= 11 is 0. The van der Waals surface area contributed by atoms with E-state index < -0.39 is 10.0 Å². The molecule has 1 aliphatic rings. The van der Waals surface area contributed by atoms with E-state index in [1.54, 1.807) is 40.3 Å². The highest BCUT2D eigenvalue weighted by atomic mass is 32.2. The molecular formula is C24H29N5O3S. The van der Waals surface area contributed by atoms with Gasteiger partial charge in [0.1, 0.15) is 0 Å². The van der Waals surface area contributed by atoms with Crippen molar-refractivity contribution >= 4 is 27.3 Å². The average Bonchev–Trinajstić information content (AvgIpc) is 3.20. The van der Waals surface area contributed by atoms with Gasteiger partial charge in [0.15, 0.2) is 0 Å². The number of aromatic nitrogens is 2. The number of amides is 1. The number of nitrogens with zero attached hydrogens (tertiary/aromatic N) is 3. The maximum Gasteiger partial charge on any atom is 0.243 e. The number of carbonyl (C=O) groups is 1. The maximum atomic E-state index is 13.3. The number of aryl methyl sites for hydroxylation is 1. The monoisotopic (exact) mass is 467 g/mol. The lowest BCUT2D eigenvalue weighted by Crippen LogP contribution is -2.32. The van der Waals surface area contributed by atoms with E-state index in [2.05, 4.69) is 15.7 Å². The third-order valence-corrected chi connectivity index (χ3v) is 7.79. The molecule has 0 unspecified atom stereocenters. The molecule has 0 atom stereocenters. The van der Waals surface area contributed by atoms with E-state index in [1.807, 2.05) is 36.5 Å². The zero-order chi connectivity index (χ0) is 23.3. The van der Waals surface area contributed by atoms with Crippen molar-refractivity contribution in [2.75, 3.05) is 30.3 Å². The molecule has 1 aliphatic heterocycles. The number of anilines is 2. The normalized spacial score (nSPS) is 15.1. The molecule has 8 nitrogen and oxygen atoms in total. The van der Waals surface area contributed by atoms with Crippen LogP contribution in [-0.4, -0.2) is 48.0 Å². The Bertz CT molecular complexity index is 1200. The highest BCUT2D eigenvalue weighted by Crippen LogP contribution is 2.26. The van der Waals surface area contributed by atoms with Gasteiger partial charge in [-0.2, -0.15) is 9.40 Å². The molecule has 9 heteroatoms. The Labute approximate surface area is 194 Å². The lowest BCUT2D eigenvalue weighted by Gasteiger charge is -2.21. The molecule has 0 radical (unpaired) electrons. The van der Waals surface area contributed by atoms with Crippen molar-refractivity contribution in [2.45, 2.75) is 37.5 Å². The van der Waals surface area contributed by atoms with Crippen LogP contribution >= 0.6 is 0 Å². The van der Waals surface area contributed by atoms with Gasteiger partial charge in [-0.15, -0.1) is 0 Å². The Balaban J connectivity index is 1.45. The maximum absolute atomic E-state index is 13.3. The number of rotatable bonds is 7. The first kappa shape index (κ1) is 23.0. The third kappa shape index (κ3) is 5.43. The molecule has 1 fully saturated rings. The first-order valence-corrected chi connectivity index (χ1v) is 12.6. The van der Waals surface area contributed by atoms with Crippen LogP contribution in [0.3, 0.4) is 0 Å². The van der Waals surface area contributed by atoms with Gasteiger partial charge in [-0.25, -0.2) is 13.1 Å². The number of nitrogens with one attached hydrogen (secondary N) is 2. The minimum absolute atomic E-state index is 0.0281. The van der Waals surface area contributed by atoms with Gasteiger partial charge in [-0.05, 0) is 55.7 Å². The van der Waals surface area contributed by atoms with E-state index in [1.165, 1.54) is 0 Å². The first-order valence-electron chi connectivity index (χ1n) is 11.2. The van der Waals surface area contributed by atoms with E-state index >= 15 is 0 Å². The van der Waals surface area contributed by atoms with Crippen LogP contribution in [0, 0.1) is 6.92 Å². The molecule has 0 saturated carbocycles. The molecule has 4 rings (SSSR count). The minimum Gasteiger partial charge on any atom is -0.374 e. The molecule has 2 heterocycles. The van der Waals surface area contributed by atoms with Crippen molar-refractivity contribution in [2.24, 2.45) is 0 Å². The summed E-state index contributed by atoms with van der Waals surface area (Å²) in [6.07, 6.45) is 7.38. The van der Waals surface area contributed by atoms with Crippen LogP contribution < -0.4 is 10.6 Å². The van der Waals surface area contributed by atoms with Crippen LogP contribution in [0.5, 0.6) is 0 Å². The Morgan fingerprint density at radius 1 is 1.03 bits per heavy atom. The van der Waals surface area contributed by atoms with Crippen LogP contribution in [0.4, 0.5) is 11.4 Å². The van der Waals surface area contributed by atoms with Crippen molar-refractivity contribution in [3.8, 4) is 5.69 Å². The fourth-order valence-electron chi connectivity index (χ4n) is 3.99. The number of hydrogen-bond donors (Lipinski definition) is 2. The molecule has 1 saturated heterocycles. The highest BCUT2D eigenvalue weighted by molar-refractivity contribution is 7.89. The Hall–Kier alpha value is -3.17. The SMILES string of the molecule is Cc1ccc(NC(=O)CNc2ccccc2-n2cccn2)cc1S(=O)(=O)N1CCCCCC1. The van der Waals surface area contributed by atoms with Crippen LogP contribution in [0.15, 0.2) is 65.8 Å². The van der Waals surface area contributed by atoms with Crippen molar-refractivity contribution in [1.82, 2.24) is 14.1 Å². The van der Waals surface area contributed by atoms with Gasteiger partial charge >= 0.3 is 0 Å². The van der Waals surface area contributed by atoms with Gasteiger partial charge in [0, 0.05) is 31.2 Å². The van der Waals surface area contributed by atoms with Gasteiger partial charge in [0.2, 0.25) is 15.9 Å². The smallest absolute Gasteiger partial charge is 0.243 e. The Morgan fingerprint density at radius 2 is 1.79 bits per heavy atom. The van der Waals surface area contributed by atoms with Crippen molar-refractivity contribution in [3.05, 3.63) is 66.5 Å². The van der Waals surface area contributed by atoms with E-state index in [-0.39, 0.29) is 17.3 Å². The molecule has 2 aromatic carbocycles. The summed E-state index contributed by atoms with van der Waals surface area (Å²) in [5.74, 6) is -0.271. The van der Waals surface area contributed by atoms with Gasteiger partial charge in [-0.3, -0.25) is 4.79 Å². The number of para-hydroxylation sites is 2. The topological polar surface area (TPSA) is 96.3 Å². The summed E-state index contributed by atoms with van der Waals surface area (Å²) in [5, 5.41) is 10.2. The molecule has 0 aliphatic carbocycles. The van der Waals surface area contributed by atoms with Gasteiger partial charge in [0.25, 0.3) is 0 Å². The van der Waals surface area contributed by atoms with Crippen LogP contribution in [0.1, 0.15) is 31.2 Å². The van der Waals surface area contributed by atoms with Crippen molar-refractivity contribution in [1.29, 1.82) is 0 Å². The standard InChI is InChI=1S/C24H29N5O3S/c1-19-11-12-20(17-23(19)33(31,32)28-14-6-2-3-7-15-28)27-24(30)18-25-21-9-4-5-10-22(21)29-16-8-13-26-29/h4-5,8-13,16-17,25H,2-3,6-7,14-15,18H2,1H3,(H,27,30). The number of sulfonamides is 1.